The van der Waals surface area contributed by atoms with Crippen LogP contribution < -0.4 is 5.32 Å². The summed E-state index contributed by atoms with van der Waals surface area (Å²) in [5, 5.41) is 3.17. The van der Waals surface area contributed by atoms with Crippen molar-refractivity contribution in [2.75, 3.05) is 13.1 Å². The highest BCUT2D eigenvalue weighted by atomic mass is 35.5. The fourth-order valence-electron chi connectivity index (χ4n) is 4.26. The predicted molar refractivity (Wildman–Crippen MR) is 139 cm³/mol. The molecule has 3 aromatic rings. The number of fused-ring (bicyclic) bond motifs is 1. The number of hydrogen-bond acceptors (Lipinski definition) is 5. The minimum absolute atomic E-state index is 0.0116. The molecule has 1 heterocycles. The molecule has 0 bridgehead atoms. The number of carbonyl (C=O) groups is 3. The van der Waals surface area contributed by atoms with Crippen molar-refractivity contribution in [2.24, 2.45) is 0 Å². The molecule has 0 aliphatic carbocycles. The van der Waals surface area contributed by atoms with E-state index >= 15 is 0 Å². The highest BCUT2D eigenvalue weighted by Crippen LogP contribution is 2.30. The van der Waals surface area contributed by atoms with Gasteiger partial charge < -0.3 is 10.2 Å². The standard InChI is InChI=1S/C27H26ClN3O5S/c1-2-29-26(33)23(16-19-10-4-3-5-11-19)30(17-20-12-6-8-14-22(20)28)25(32)18-31-27(34)21-13-7-9-15-24(21)37(31,35)36/h3-15,23H,2,16-18H2,1H3,(H,29,33). The summed E-state index contributed by atoms with van der Waals surface area (Å²) >= 11 is 6.38. The zero-order valence-corrected chi connectivity index (χ0v) is 21.7. The number of amides is 3. The van der Waals surface area contributed by atoms with E-state index in [0.29, 0.717) is 21.4 Å². The molecule has 10 heteroatoms. The Labute approximate surface area is 220 Å². The van der Waals surface area contributed by atoms with Gasteiger partial charge in [0.15, 0.2) is 0 Å². The molecule has 192 valence electrons. The monoisotopic (exact) mass is 539 g/mol. The maximum absolute atomic E-state index is 13.8. The maximum Gasteiger partial charge on any atom is 0.269 e. The lowest BCUT2D eigenvalue weighted by Gasteiger charge is -2.32. The van der Waals surface area contributed by atoms with Crippen molar-refractivity contribution in [3.63, 3.8) is 0 Å². The Hall–Kier alpha value is -3.69. The lowest BCUT2D eigenvalue weighted by atomic mass is 10.0. The highest BCUT2D eigenvalue weighted by molar-refractivity contribution is 7.90. The smallest absolute Gasteiger partial charge is 0.269 e. The number of nitrogens with zero attached hydrogens (tertiary/aromatic N) is 2. The first-order chi connectivity index (χ1) is 17.7. The van der Waals surface area contributed by atoms with Gasteiger partial charge in [-0.05, 0) is 36.2 Å². The van der Waals surface area contributed by atoms with Gasteiger partial charge in [-0.25, -0.2) is 12.7 Å². The summed E-state index contributed by atoms with van der Waals surface area (Å²) in [6.07, 6.45) is 0.184. The van der Waals surface area contributed by atoms with E-state index in [0.717, 1.165) is 5.56 Å². The van der Waals surface area contributed by atoms with Crippen LogP contribution in [0.2, 0.25) is 5.02 Å². The largest absolute Gasteiger partial charge is 0.355 e. The molecule has 0 fully saturated rings. The Balaban J connectivity index is 1.71. The van der Waals surface area contributed by atoms with Crippen LogP contribution in [-0.4, -0.2) is 54.5 Å². The predicted octanol–water partition coefficient (Wildman–Crippen LogP) is 3.26. The van der Waals surface area contributed by atoms with Crippen LogP contribution in [0.4, 0.5) is 0 Å². The van der Waals surface area contributed by atoms with Crippen LogP contribution in [0.25, 0.3) is 0 Å². The number of sulfonamides is 1. The van der Waals surface area contributed by atoms with Gasteiger partial charge in [0.05, 0.1) is 5.56 Å². The van der Waals surface area contributed by atoms with Crippen LogP contribution >= 0.6 is 11.6 Å². The minimum Gasteiger partial charge on any atom is -0.355 e. The zero-order chi connectivity index (χ0) is 26.6. The van der Waals surface area contributed by atoms with Crippen molar-refractivity contribution in [1.82, 2.24) is 14.5 Å². The van der Waals surface area contributed by atoms with Crippen LogP contribution in [-0.2, 0) is 32.6 Å². The molecule has 0 aromatic heterocycles. The van der Waals surface area contributed by atoms with E-state index in [2.05, 4.69) is 5.32 Å². The number of nitrogens with one attached hydrogen (secondary N) is 1. The number of rotatable bonds is 9. The molecule has 0 saturated heterocycles. The first-order valence-electron chi connectivity index (χ1n) is 11.7. The van der Waals surface area contributed by atoms with Gasteiger partial charge >= 0.3 is 0 Å². The highest BCUT2D eigenvalue weighted by Gasteiger charge is 2.43. The van der Waals surface area contributed by atoms with Gasteiger partial charge in [0.25, 0.3) is 15.9 Å². The second kappa shape index (κ2) is 11.1. The molecule has 3 aromatic carbocycles. The minimum atomic E-state index is -4.21. The molecule has 37 heavy (non-hydrogen) atoms. The van der Waals surface area contributed by atoms with Crippen molar-refractivity contribution >= 4 is 39.3 Å². The summed E-state index contributed by atoms with van der Waals surface area (Å²) < 4.78 is 26.8. The van der Waals surface area contributed by atoms with Crippen LogP contribution in [0, 0.1) is 0 Å². The number of halogens is 1. The zero-order valence-electron chi connectivity index (χ0n) is 20.1. The molecule has 1 aliphatic rings. The number of hydrogen-bond donors (Lipinski definition) is 1. The molecule has 0 radical (unpaired) electrons. The van der Waals surface area contributed by atoms with E-state index in [1.54, 1.807) is 37.3 Å². The molecule has 1 N–H and O–H groups in total. The molecule has 1 aliphatic heterocycles. The third kappa shape index (κ3) is 5.52. The van der Waals surface area contributed by atoms with Crippen LogP contribution in [0.1, 0.15) is 28.4 Å². The van der Waals surface area contributed by atoms with Gasteiger partial charge in [-0.1, -0.05) is 72.3 Å². The fraction of sp³-hybridized carbons (Fsp3) is 0.222. The summed E-state index contributed by atoms with van der Waals surface area (Å²) in [6, 6.07) is 20.9. The normalized spacial score (nSPS) is 14.6. The molecule has 3 amide bonds. The summed E-state index contributed by atoms with van der Waals surface area (Å²) in [7, 11) is -4.21. The van der Waals surface area contributed by atoms with E-state index < -0.39 is 40.3 Å². The summed E-state index contributed by atoms with van der Waals surface area (Å²) in [5.41, 5.74) is 1.41. The average molecular weight is 540 g/mol. The number of carbonyl (C=O) groups excluding carboxylic acids is 3. The first-order valence-corrected chi connectivity index (χ1v) is 13.6. The van der Waals surface area contributed by atoms with Crippen molar-refractivity contribution < 1.29 is 22.8 Å². The van der Waals surface area contributed by atoms with Gasteiger partial charge in [-0.15, -0.1) is 0 Å². The third-order valence-corrected chi connectivity index (χ3v) is 8.27. The number of benzene rings is 3. The molecular weight excluding hydrogens is 514 g/mol. The van der Waals surface area contributed by atoms with E-state index in [1.807, 2.05) is 30.3 Å². The Bertz CT molecular complexity index is 1430. The van der Waals surface area contributed by atoms with Crippen LogP contribution in [0.15, 0.2) is 83.8 Å². The fourth-order valence-corrected chi connectivity index (χ4v) is 5.97. The van der Waals surface area contributed by atoms with Crippen LogP contribution in [0.5, 0.6) is 0 Å². The van der Waals surface area contributed by atoms with Crippen LogP contribution in [0.3, 0.4) is 0 Å². The van der Waals surface area contributed by atoms with Crippen molar-refractivity contribution in [3.8, 4) is 0 Å². The second-order valence-corrected chi connectivity index (χ2v) is 10.8. The van der Waals surface area contributed by atoms with Crippen molar-refractivity contribution in [3.05, 3.63) is 101 Å². The Morgan fingerprint density at radius 3 is 2.30 bits per heavy atom. The summed E-state index contributed by atoms with van der Waals surface area (Å²) in [5.74, 6) is -1.87. The topological polar surface area (TPSA) is 104 Å². The Kier molecular flexibility index (Phi) is 7.94. The molecule has 4 rings (SSSR count). The quantitative estimate of drug-likeness (QED) is 0.449. The van der Waals surface area contributed by atoms with Gasteiger partial charge in [0.1, 0.15) is 17.5 Å². The lowest BCUT2D eigenvalue weighted by Crippen LogP contribution is -2.53. The van der Waals surface area contributed by atoms with E-state index in [1.165, 1.54) is 23.1 Å². The SMILES string of the molecule is CCNC(=O)C(Cc1ccccc1)N(Cc1ccccc1Cl)C(=O)CN1C(=O)c2ccccc2S1(=O)=O. The van der Waals surface area contributed by atoms with Gasteiger partial charge in [-0.2, -0.15) is 0 Å². The van der Waals surface area contributed by atoms with Crippen molar-refractivity contribution in [1.29, 1.82) is 0 Å². The first kappa shape index (κ1) is 26.4. The van der Waals surface area contributed by atoms with Gasteiger partial charge in [0, 0.05) is 24.5 Å². The average Bonchev–Trinajstić information content (AvgIpc) is 3.08. The summed E-state index contributed by atoms with van der Waals surface area (Å²) in [4.78, 5) is 41.1. The summed E-state index contributed by atoms with van der Waals surface area (Å²) in [6.45, 7) is 1.31. The maximum atomic E-state index is 13.8. The van der Waals surface area contributed by atoms with Gasteiger partial charge in [-0.3, -0.25) is 14.4 Å². The van der Waals surface area contributed by atoms with Crippen molar-refractivity contribution in [2.45, 2.75) is 30.8 Å². The second-order valence-electron chi connectivity index (χ2n) is 8.53. The third-order valence-electron chi connectivity index (χ3n) is 6.11. The molecule has 0 saturated carbocycles. The Morgan fingerprint density at radius 1 is 0.973 bits per heavy atom. The Morgan fingerprint density at radius 2 is 1.62 bits per heavy atom. The van der Waals surface area contributed by atoms with E-state index in [9.17, 15) is 22.8 Å². The molecular formula is C27H26ClN3O5S. The molecule has 1 atom stereocenters. The lowest BCUT2D eigenvalue weighted by molar-refractivity contribution is -0.141. The molecule has 0 spiro atoms. The van der Waals surface area contributed by atoms with Gasteiger partial charge in [0.2, 0.25) is 11.8 Å². The molecule has 1 unspecified atom stereocenters. The van der Waals surface area contributed by atoms with E-state index in [4.69, 9.17) is 11.6 Å². The number of likely N-dealkylation sites (N-methyl/N-ethyl adjacent to an activating group) is 1. The molecule has 8 nitrogen and oxygen atoms in total. The van der Waals surface area contributed by atoms with E-state index in [-0.39, 0.29) is 23.4 Å².